The first-order valence-electron chi connectivity index (χ1n) is 10.4. The van der Waals surface area contributed by atoms with Gasteiger partial charge in [0, 0.05) is 11.4 Å². The number of benzene rings is 4. The van der Waals surface area contributed by atoms with Crippen LogP contribution < -0.4 is 9.44 Å². The van der Waals surface area contributed by atoms with E-state index in [9.17, 15) is 16.8 Å². The Hall–Kier alpha value is -3.88. The predicted octanol–water partition coefficient (Wildman–Crippen LogP) is 5.46. The van der Waals surface area contributed by atoms with Crippen molar-refractivity contribution < 1.29 is 16.8 Å². The monoisotopic (exact) mass is 490 g/mol. The summed E-state index contributed by atoms with van der Waals surface area (Å²) < 4.78 is 54.8. The minimum Gasteiger partial charge on any atom is -0.280 e. The van der Waals surface area contributed by atoms with Crippen molar-refractivity contribution in [2.45, 2.75) is 9.79 Å². The van der Waals surface area contributed by atoms with Crippen LogP contribution in [-0.2, 0) is 20.0 Å². The Bertz CT molecular complexity index is 1370. The van der Waals surface area contributed by atoms with Crippen LogP contribution in [0.1, 0.15) is 11.1 Å². The lowest BCUT2D eigenvalue weighted by molar-refractivity contribution is 0.599. The first kappa shape index (κ1) is 23.3. The van der Waals surface area contributed by atoms with Crippen molar-refractivity contribution >= 4 is 43.6 Å². The summed E-state index contributed by atoms with van der Waals surface area (Å²) in [4.78, 5) is 0.405. The fourth-order valence-electron chi connectivity index (χ4n) is 3.14. The van der Waals surface area contributed by atoms with E-state index in [1.165, 1.54) is 24.3 Å². The minimum atomic E-state index is -3.63. The van der Waals surface area contributed by atoms with E-state index in [1.807, 2.05) is 36.4 Å². The Morgan fingerprint density at radius 3 is 1.09 bits per heavy atom. The molecule has 0 saturated heterocycles. The molecule has 8 heteroatoms. The second kappa shape index (κ2) is 9.94. The molecule has 0 fully saturated rings. The smallest absolute Gasteiger partial charge is 0.261 e. The summed E-state index contributed by atoms with van der Waals surface area (Å²) in [6.07, 6.45) is 3.78. The molecule has 0 unspecified atom stereocenters. The highest BCUT2D eigenvalue weighted by Gasteiger charge is 2.14. The first-order valence-corrected chi connectivity index (χ1v) is 13.3. The summed E-state index contributed by atoms with van der Waals surface area (Å²) in [6, 6.07) is 30.4. The number of anilines is 2. The van der Waals surface area contributed by atoms with Gasteiger partial charge < -0.3 is 0 Å². The molecule has 0 heterocycles. The third-order valence-corrected chi connectivity index (χ3v) is 7.70. The molecular weight excluding hydrogens is 468 g/mol. The summed E-state index contributed by atoms with van der Waals surface area (Å²) in [5, 5.41) is 0. The highest BCUT2D eigenvalue weighted by molar-refractivity contribution is 7.93. The molecule has 172 valence electrons. The zero-order chi connectivity index (χ0) is 24.0. The maximum atomic E-state index is 12.4. The second-order valence-corrected chi connectivity index (χ2v) is 10.8. The van der Waals surface area contributed by atoms with E-state index in [-0.39, 0.29) is 9.79 Å². The van der Waals surface area contributed by atoms with Crippen LogP contribution in [0, 0.1) is 0 Å². The normalized spacial score (nSPS) is 11.9. The van der Waals surface area contributed by atoms with Crippen molar-refractivity contribution in [2.24, 2.45) is 0 Å². The standard InChI is InChI=1S/C26H22N2O4S2/c29-33(30,25-7-3-1-4-8-25)27-23-17-13-21(14-18-23)11-12-22-15-19-24(20-16-22)28-34(31,32)26-9-5-2-6-10-26/h1-20,27-28H/b12-11+. The molecule has 0 saturated carbocycles. The predicted molar refractivity (Wildman–Crippen MR) is 136 cm³/mol. The van der Waals surface area contributed by atoms with Gasteiger partial charge in [0.1, 0.15) is 0 Å². The van der Waals surface area contributed by atoms with E-state index in [0.29, 0.717) is 11.4 Å². The van der Waals surface area contributed by atoms with Crippen LogP contribution >= 0.6 is 0 Å². The van der Waals surface area contributed by atoms with Crippen molar-refractivity contribution in [1.29, 1.82) is 0 Å². The van der Waals surface area contributed by atoms with Gasteiger partial charge in [-0.15, -0.1) is 0 Å². The van der Waals surface area contributed by atoms with Crippen LogP contribution in [0.2, 0.25) is 0 Å². The van der Waals surface area contributed by atoms with Gasteiger partial charge in [0.25, 0.3) is 20.0 Å². The van der Waals surface area contributed by atoms with Gasteiger partial charge >= 0.3 is 0 Å². The largest absolute Gasteiger partial charge is 0.280 e. The molecule has 4 aromatic rings. The third-order valence-electron chi connectivity index (χ3n) is 4.90. The average Bonchev–Trinajstić information content (AvgIpc) is 2.85. The fraction of sp³-hybridized carbons (Fsp3) is 0. The van der Waals surface area contributed by atoms with Crippen molar-refractivity contribution in [3.63, 3.8) is 0 Å². The van der Waals surface area contributed by atoms with Gasteiger partial charge in [-0.05, 0) is 59.7 Å². The zero-order valence-corrected chi connectivity index (χ0v) is 19.6. The van der Waals surface area contributed by atoms with Crippen molar-refractivity contribution in [3.8, 4) is 0 Å². The summed E-state index contributed by atoms with van der Waals surface area (Å²) in [5.41, 5.74) is 2.71. The van der Waals surface area contributed by atoms with Gasteiger partial charge in [-0.2, -0.15) is 0 Å². The fourth-order valence-corrected chi connectivity index (χ4v) is 5.30. The Labute approximate surface area is 199 Å². The second-order valence-electron chi connectivity index (χ2n) is 7.41. The first-order chi connectivity index (χ1) is 16.3. The number of hydrogen-bond donors (Lipinski definition) is 2. The summed E-state index contributed by atoms with van der Waals surface area (Å²) in [5.74, 6) is 0. The van der Waals surface area contributed by atoms with Gasteiger partial charge in [0.05, 0.1) is 9.79 Å². The van der Waals surface area contributed by atoms with Gasteiger partial charge in [-0.25, -0.2) is 16.8 Å². The van der Waals surface area contributed by atoms with Crippen molar-refractivity contribution in [2.75, 3.05) is 9.44 Å². The van der Waals surface area contributed by atoms with Crippen LogP contribution in [0.4, 0.5) is 11.4 Å². The van der Waals surface area contributed by atoms with E-state index < -0.39 is 20.0 Å². The molecule has 6 nitrogen and oxygen atoms in total. The maximum absolute atomic E-state index is 12.4. The molecule has 0 spiro atoms. The molecule has 0 aliphatic carbocycles. The van der Waals surface area contributed by atoms with Crippen LogP contribution in [0.5, 0.6) is 0 Å². The van der Waals surface area contributed by atoms with Crippen LogP contribution in [0.3, 0.4) is 0 Å². The summed E-state index contributed by atoms with van der Waals surface area (Å²) in [6.45, 7) is 0. The molecule has 0 amide bonds. The van der Waals surface area contributed by atoms with E-state index in [4.69, 9.17) is 0 Å². The molecule has 4 rings (SSSR count). The van der Waals surface area contributed by atoms with Gasteiger partial charge in [0.2, 0.25) is 0 Å². The van der Waals surface area contributed by atoms with E-state index >= 15 is 0 Å². The summed E-state index contributed by atoms with van der Waals surface area (Å²) >= 11 is 0. The third kappa shape index (κ3) is 5.92. The Morgan fingerprint density at radius 2 is 0.765 bits per heavy atom. The van der Waals surface area contributed by atoms with Crippen LogP contribution in [-0.4, -0.2) is 16.8 Å². The lowest BCUT2D eigenvalue weighted by atomic mass is 10.1. The molecule has 0 atom stereocenters. The van der Waals surface area contributed by atoms with Crippen molar-refractivity contribution in [3.05, 3.63) is 120 Å². The quantitative estimate of drug-likeness (QED) is 0.321. The average molecular weight is 491 g/mol. The van der Waals surface area contributed by atoms with Gasteiger partial charge in [0.15, 0.2) is 0 Å². The van der Waals surface area contributed by atoms with Crippen molar-refractivity contribution in [1.82, 2.24) is 0 Å². The minimum absolute atomic E-state index is 0.202. The van der Waals surface area contributed by atoms with Gasteiger partial charge in [-0.1, -0.05) is 72.8 Å². The van der Waals surface area contributed by atoms with Crippen LogP contribution in [0.25, 0.3) is 12.2 Å². The number of nitrogens with one attached hydrogen (secondary N) is 2. The molecule has 4 aromatic carbocycles. The highest BCUT2D eigenvalue weighted by Crippen LogP contribution is 2.19. The topological polar surface area (TPSA) is 92.3 Å². The number of hydrogen-bond acceptors (Lipinski definition) is 4. The molecule has 34 heavy (non-hydrogen) atoms. The Morgan fingerprint density at radius 1 is 0.441 bits per heavy atom. The SMILES string of the molecule is O=S(=O)(Nc1ccc(/C=C/c2ccc(NS(=O)(=O)c3ccccc3)cc2)cc1)c1ccccc1. The summed E-state index contributed by atoms with van der Waals surface area (Å²) in [7, 11) is -7.27. The lowest BCUT2D eigenvalue weighted by Crippen LogP contribution is -2.12. The molecule has 0 radical (unpaired) electrons. The Balaban J connectivity index is 1.39. The number of sulfonamides is 2. The zero-order valence-electron chi connectivity index (χ0n) is 18.0. The van der Waals surface area contributed by atoms with E-state index in [1.54, 1.807) is 60.7 Å². The molecule has 0 bridgehead atoms. The lowest BCUT2D eigenvalue weighted by Gasteiger charge is -2.08. The van der Waals surface area contributed by atoms with E-state index in [0.717, 1.165) is 11.1 Å². The Kier molecular flexibility index (Phi) is 6.81. The molecule has 0 aliphatic heterocycles. The van der Waals surface area contributed by atoms with Gasteiger partial charge in [-0.3, -0.25) is 9.44 Å². The molecular formula is C26H22N2O4S2. The van der Waals surface area contributed by atoms with Crippen LogP contribution in [0.15, 0.2) is 119 Å². The van der Waals surface area contributed by atoms with E-state index in [2.05, 4.69) is 9.44 Å². The maximum Gasteiger partial charge on any atom is 0.261 e. The highest BCUT2D eigenvalue weighted by atomic mass is 32.2. The molecule has 2 N–H and O–H groups in total. The molecule has 0 aromatic heterocycles. The molecule has 0 aliphatic rings. The number of rotatable bonds is 8.